The summed E-state index contributed by atoms with van der Waals surface area (Å²) in [5, 5.41) is 10.0. The lowest BCUT2D eigenvalue weighted by Gasteiger charge is -2.41. The van der Waals surface area contributed by atoms with E-state index < -0.39 is 0 Å². The van der Waals surface area contributed by atoms with Crippen LogP contribution in [0.1, 0.15) is 12.0 Å². The van der Waals surface area contributed by atoms with Crippen LogP contribution in [-0.4, -0.2) is 59.7 Å². The molecule has 7 heteroatoms. The van der Waals surface area contributed by atoms with Gasteiger partial charge in [0.25, 0.3) is 5.91 Å². The first-order valence-corrected chi connectivity index (χ1v) is 9.68. The molecular formula is C21H24ClFN2O3. The average Bonchev–Trinajstić information content (AvgIpc) is 2.70. The molecule has 1 saturated heterocycles. The van der Waals surface area contributed by atoms with Crippen LogP contribution in [0.3, 0.4) is 0 Å². The van der Waals surface area contributed by atoms with Crippen molar-refractivity contribution in [3.05, 3.63) is 64.9 Å². The van der Waals surface area contributed by atoms with Crippen LogP contribution >= 0.6 is 11.6 Å². The molecule has 0 saturated carbocycles. The van der Waals surface area contributed by atoms with Crippen LogP contribution in [0.2, 0.25) is 5.02 Å². The number of ether oxygens (including phenoxy) is 1. The Morgan fingerprint density at radius 2 is 1.86 bits per heavy atom. The minimum Gasteiger partial charge on any atom is -0.484 e. The number of halogens is 2. The third-order valence-electron chi connectivity index (χ3n) is 4.84. The van der Waals surface area contributed by atoms with E-state index in [0.29, 0.717) is 43.4 Å². The molecule has 1 atom stereocenters. The van der Waals surface area contributed by atoms with Crippen LogP contribution in [-0.2, 0) is 11.3 Å². The normalized spacial score (nSPS) is 17.5. The minimum absolute atomic E-state index is 0.0108. The molecule has 1 N–H and O–H groups in total. The van der Waals surface area contributed by atoms with Crippen LogP contribution in [0.15, 0.2) is 48.5 Å². The molecule has 0 bridgehead atoms. The number of hydrogen-bond donors (Lipinski definition) is 1. The van der Waals surface area contributed by atoms with E-state index in [1.165, 1.54) is 12.1 Å². The molecule has 0 spiro atoms. The van der Waals surface area contributed by atoms with Gasteiger partial charge in [-0.15, -0.1) is 0 Å². The average molecular weight is 407 g/mol. The van der Waals surface area contributed by atoms with Crippen molar-refractivity contribution in [1.29, 1.82) is 0 Å². The number of amides is 1. The lowest BCUT2D eigenvalue weighted by molar-refractivity contribution is -0.138. The molecule has 1 heterocycles. The highest BCUT2D eigenvalue weighted by Crippen LogP contribution is 2.18. The van der Waals surface area contributed by atoms with Gasteiger partial charge in [-0.1, -0.05) is 23.7 Å². The molecule has 28 heavy (non-hydrogen) atoms. The van der Waals surface area contributed by atoms with Crippen molar-refractivity contribution in [2.45, 2.75) is 19.0 Å². The van der Waals surface area contributed by atoms with E-state index in [9.17, 15) is 14.3 Å². The topological polar surface area (TPSA) is 53.0 Å². The molecule has 0 aromatic heterocycles. The Balaban J connectivity index is 1.56. The molecule has 2 aromatic carbocycles. The second kappa shape index (κ2) is 9.87. The van der Waals surface area contributed by atoms with E-state index >= 15 is 0 Å². The first kappa shape index (κ1) is 20.6. The van der Waals surface area contributed by atoms with Crippen molar-refractivity contribution in [3.8, 4) is 5.75 Å². The monoisotopic (exact) mass is 406 g/mol. The number of hydrogen-bond acceptors (Lipinski definition) is 4. The highest BCUT2D eigenvalue weighted by atomic mass is 35.5. The molecule has 3 rings (SSSR count). The molecule has 1 aliphatic rings. The number of carbonyl (C=O) groups excluding carboxylic acids is 1. The second-order valence-electron chi connectivity index (χ2n) is 6.86. The Labute approximate surface area is 169 Å². The molecule has 1 fully saturated rings. The fourth-order valence-electron chi connectivity index (χ4n) is 3.39. The highest BCUT2D eigenvalue weighted by Gasteiger charge is 2.30. The van der Waals surface area contributed by atoms with Crippen molar-refractivity contribution >= 4 is 17.5 Å². The van der Waals surface area contributed by atoms with E-state index in [-0.39, 0.29) is 31.0 Å². The fourth-order valence-corrected chi connectivity index (χ4v) is 3.52. The summed E-state index contributed by atoms with van der Waals surface area (Å²) >= 11 is 5.85. The van der Waals surface area contributed by atoms with E-state index in [0.717, 1.165) is 5.56 Å². The van der Waals surface area contributed by atoms with Crippen molar-refractivity contribution < 1.29 is 19.0 Å². The number of nitrogens with zero attached hydrogens (tertiary/aromatic N) is 2. The smallest absolute Gasteiger partial charge is 0.260 e. The summed E-state index contributed by atoms with van der Waals surface area (Å²) in [5.74, 6) is 0.235. The predicted octanol–water partition coefficient (Wildman–Crippen LogP) is 2.95. The van der Waals surface area contributed by atoms with E-state index in [2.05, 4.69) is 4.90 Å². The summed E-state index contributed by atoms with van der Waals surface area (Å²) in [6, 6.07) is 13.2. The number of aliphatic hydroxyl groups is 1. The largest absolute Gasteiger partial charge is 0.484 e. The fraction of sp³-hybridized carbons (Fsp3) is 0.381. The van der Waals surface area contributed by atoms with E-state index in [1.54, 1.807) is 41.3 Å². The molecular weight excluding hydrogens is 383 g/mol. The zero-order valence-electron chi connectivity index (χ0n) is 15.6. The molecule has 150 valence electrons. The number of piperazine rings is 1. The zero-order chi connectivity index (χ0) is 19.9. The van der Waals surface area contributed by atoms with Crippen molar-refractivity contribution in [2.75, 3.05) is 32.8 Å². The molecule has 1 aliphatic heterocycles. The van der Waals surface area contributed by atoms with Crippen LogP contribution in [0.5, 0.6) is 5.75 Å². The van der Waals surface area contributed by atoms with Crippen molar-refractivity contribution in [2.24, 2.45) is 0 Å². The van der Waals surface area contributed by atoms with Crippen LogP contribution in [0.4, 0.5) is 4.39 Å². The maximum atomic E-state index is 13.1. The highest BCUT2D eigenvalue weighted by molar-refractivity contribution is 6.30. The van der Waals surface area contributed by atoms with Gasteiger partial charge in [-0.05, 0) is 48.4 Å². The Kier molecular flexibility index (Phi) is 7.25. The van der Waals surface area contributed by atoms with E-state index in [4.69, 9.17) is 16.3 Å². The van der Waals surface area contributed by atoms with E-state index in [1.807, 2.05) is 0 Å². The molecule has 5 nitrogen and oxygen atoms in total. The number of rotatable bonds is 7. The van der Waals surface area contributed by atoms with Gasteiger partial charge in [-0.2, -0.15) is 0 Å². The SMILES string of the molecule is O=C(COc1ccc(Cl)cc1)N1CCN(Cc2ccc(F)cc2)CC1CCO. The summed E-state index contributed by atoms with van der Waals surface area (Å²) in [5.41, 5.74) is 1.02. The van der Waals surface area contributed by atoms with Gasteiger partial charge >= 0.3 is 0 Å². The van der Waals surface area contributed by atoms with Gasteiger partial charge < -0.3 is 14.7 Å². The third-order valence-corrected chi connectivity index (χ3v) is 5.10. The molecule has 2 aromatic rings. The minimum atomic E-state index is -0.252. The summed E-state index contributed by atoms with van der Waals surface area (Å²) in [7, 11) is 0. The van der Waals surface area contributed by atoms with Gasteiger partial charge in [-0.3, -0.25) is 9.69 Å². The maximum absolute atomic E-state index is 13.1. The van der Waals surface area contributed by atoms with Crippen LogP contribution in [0.25, 0.3) is 0 Å². The summed E-state index contributed by atoms with van der Waals surface area (Å²) in [6.45, 7) is 2.58. The Hall–Kier alpha value is -2.15. The molecule has 0 radical (unpaired) electrons. The first-order valence-electron chi connectivity index (χ1n) is 9.30. The number of carbonyl (C=O) groups is 1. The molecule has 1 amide bonds. The van der Waals surface area contributed by atoms with Gasteiger partial charge in [-0.25, -0.2) is 4.39 Å². The van der Waals surface area contributed by atoms with Crippen molar-refractivity contribution in [3.63, 3.8) is 0 Å². The second-order valence-corrected chi connectivity index (χ2v) is 7.29. The lowest BCUT2D eigenvalue weighted by atomic mass is 10.1. The maximum Gasteiger partial charge on any atom is 0.260 e. The van der Waals surface area contributed by atoms with Gasteiger partial charge in [0.15, 0.2) is 6.61 Å². The van der Waals surface area contributed by atoms with Gasteiger partial charge in [0.05, 0.1) is 0 Å². The van der Waals surface area contributed by atoms with Crippen LogP contribution < -0.4 is 4.74 Å². The number of benzene rings is 2. The molecule has 0 aliphatic carbocycles. The Bertz CT molecular complexity index is 770. The first-order chi connectivity index (χ1) is 13.5. The van der Waals surface area contributed by atoms with Gasteiger partial charge in [0, 0.05) is 43.9 Å². The summed E-state index contributed by atoms with van der Waals surface area (Å²) in [6.07, 6.45) is 0.507. The number of aliphatic hydroxyl groups excluding tert-OH is 1. The standard InChI is InChI=1S/C21H24ClFN2O3/c22-17-3-7-20(8-4-17)28-15-21(27)25-11-10-24(14-19(25)9-12-26)13-16-1-5-18(23)6-2-16/h1-8,19,26H,9-15H2. The third kappa shape index (κ3) is 5.67. The van der Waals surface area contributed by atoms with Crippen molar-refractivity contribution in [1.82, 2.24) is 9.80 Å². The summed E-state index contributed by atoms with van der Waals surface area (Å²) in [4.78, 5) is 16.7. The summed E-state index contributed by atoms with van der Waals surface area (Å²) < 4.78 is 18.7. The molecule has 1 unspecified atom stereocenters. The quantitative estimate of drug-likeness (QED) is 0.768. The Morgan fingerprint density at radius 1 is 1.14 bits per heavy atom. The zero-order valence-corrected chi connectivity index (χ0v) is 16.3. The van der Waals surface area contributed by atoms with Gasteiger partial charge in [0.2, 0.25) is 0 Å². The Morgan fingerprint density at radius 3 is 2.54 bits per heavy atom. The predicted molar refractivity (Wildman–Crippen MR) is 106 cm³/mol. The lowest BCUT2D eigenvalue weighted by Crippen LogP contribution is -2.56. The van der Waals surface area contributed by atoms with Gasteiger partial charge in [0.1, 0.15) is 11.6 Å². The van der Waals surface area contributed by atoms with Crippen LogP contribution in [0, 0.1) is 5.82 Å².